The SMILES string of the molecule is Cn1ccc(-c2ccc3c(NCCC4CC4)c(C#N)nnc3c2)cc1=O. The van der Waals surface area contributed by atoms with E-state index in [-0.39, 0.29) is 5.56 Å². The number of pyridine rings is 1. The van der Waals surface area contributed by atoms with E-state index >= 15 is 0 Å². The standard InChI is InChI=1S/C20H19N5O/c1-25-9-7-15(11-19(25)26)14-4-5-16-17(10-14)23-24-18(12-21)20(16)22-8-6-13-2-3-13/h4-5,7,9-11,13H,2-3,6,8H2,1H3,(H,22,23). The molecule has 1 aliphatic rings. The quantitative estimate of drug-likeness (QED) is 0.768. The number of hydrogen-bond acceptors (Lipinski definition) is 5. The molecule has 0 atom stereocenters. The van der Waals surface area contributed by atoms with Crippen molar-refractivity contribution in [3.8, 4) is 17.2 Å². The number of nitriles is 1. The first-order valence-electron chi connectivity index (χ1n) is 8.77. The van der Waals surface area contributed by atoms with E-state index < -0.39 is 0 Å². The molecule has 6 nitrogen and oxygen atoms in total. The maximum Gasteiger partial charge on any atom is 0.250 e. The van der Waals surface area contributed by atoms with Gasteiger partial charge >= 0.3 is 0 Å². The Hall–Kier alpha value is -3.20. The summed E-state index contributed by atoms with van der Waals surface area (Å²) in [5, 5.41) is 21.9. The average molecular weight is 345 g/mol. The van der Waals surface area contributed by atoms with Gasteiger partial charge in [-0.1, -0.05) is 18.9 Å². The van der Waals surface area contributed by atoms with E-state index in [4.69, 9.17) is 0 Å². The van der Waals surface area contributed by atoms with Crippen molar-refractivity contribution in [2.24, 2.45) is 13.0 Å². The Kier molecular flexibility index (Phi) is 4.13. The van der Waals surface area contributed by atoms with Gasteiger partial charge in [0.2, 0.25) is 0 Å². The minimum Gasteiger partial charge on any atom is -0.382 e. The van der Waals surface area contributed by atoms with Crippen molar-refractivity contribution >= 4 is 16.6 Å². The fraction of sp³-hybridized carbons (Fsp3) is 0.300. The fourth-order valence-corrected chi connectivity index (χ4v) is 3.08. The zero-order valence-corrected chi connectivity index (χ0v) is 14.6. The third kappa shape index (κ3) is 3.16. The van der Waals surface area contributed by atoms with Crippen LogP contribution < -0.4 is 10.9 Å². The Morgan fingerprint density at radius 2 is 2.04 bits per heavy atom. The largest absolute Gasteiger partial charge is 0.382 e. The number of anilines is 1. The lowest BCUT2D eigenvalue weighted by molar-refractivity contribution is 0.760. The summed E-state index contributed by atoms with van der Waals surface area (Å²) in [6.07, 6.45) is 5.47. The molecule has 1 aliphatic carbocycles. The van der Waals surface area contributed by atoms with Crippen LogP contribution >= 0.6 is 0 Å². The van der Waals surface area contributed by atoms with Crippen LogP contribution in [0.5, 0.6) is 0 Å². The minimum atomic E-state index is -0.0593. The first-order chi connectivity index (χ1) is 12.7. The predicted molar refractivity (Wildman–Crippen MR) is 101 cm³/mol. The molecule has 2 heterocycles. The van der Waals surface area contributed by atoms with E-state index in [2.05, 4.69) is 21.6 Å². The summed E-state index contributed by atoms with van der Waals surface area (Å²) < 4.78 is 1.53. The first-order valence-corrected chi connectivity index (χ1v) is 8.77. The molecule has 0 amide bonds. The third-order valence-electron chi connectivity index (χ3n) is 4.86. The summed E-state index contributed by atoms with van der Waals surface area (Å²) in [7, 11) is 1.72. The molecule has 2 aromatic heterocycles. The highest BCUT2D eigenvalue weighted by molar-refractivity contribution is 5.95. The normalized spacial score (nSPS) is 13.5. The van der Waals surface area contributed by atoms with Gasteiger partial charge in [0.05, 0.1) is 11.2 Å². The van der Waals surface area contributed by atoms with Gasteiger partial charge in [0.1, 0.15) is 6.07 Å². The number of aryl methyl sites for hydroxylation is 1. The minimum absolute atomic E-state index is 0.0593. The van der Waals surface area contributed by atoms with E-state index in [0.29, 0.717) is 11.2 Å². The lowest BCUT2D eigenvalue weighted by Gasteiger charge is -2.11. The first kappa shape index (κ1) is 16.3. The average Bonchev–Trinajstić information content (AvgIpc) is 3.48. The Morgan fingerprint density at radius 3 is 2.77 bits per heavy atom. The Labute approximate surface area is 151 Å². The fourth-order valence-electron chi connectivity index (χ4n) is 3.08. The second-order valence-corrected chi connectivity index (χ2v) is 6.79. The van der Waals surface area contributed by atoms with E-state index in [1.54, 1.807) is 19.3 Å². The van der Waals surface area contributed by atoms with E-state index in [1.165, 1.54) is 17.4 Å². The molecule has 0 radical (unpaired) electrons. The van der Waals surface area contributed by atoms with E-state index in [1.807, 2.05) is 24.3 Å². The molecule has 1 saturated carbocycles. The van der Waals surface area contributed by atoms with Gasteiger partial charge in [-0.3, -0.25) is 4.79 Å². The molecule has 0 bridgehead atoms. The predicted octanol–water partition coefficient (Wildman–Crippen LogP) is 3.08. The van der Waals surface area contributed by atoms with Gasteiger partial charge in [0.25, 0.3) is 5.56 Å². The highest BCUT2D eigenvalue weighted by Crippen LogP contribution is 2.33. The Bertz CT molecular complexity index is 1080. The molecule has 0 aliphatic heterocycles. The van der Waals surface area contributed by atoms with Crippen LogP contribution in [0.4, 0.5) is 5.69 Å². The highest BCUT2D eigenvalue weighted by atomic mass is 16.1. The van der Waals surface area contributed by atoms with Gasteiger partial charge in [-0.25, -0.2) is 0 Å². The number of fused-ring (bicyclic) bond motifs is 1. The van der Waals surface area contributed by atoms with Crippen molar-refractivity contribution in [1.82, 2.24) is 14.8 Å². The van der Waals surface area contributed by atoms with Gasteiger partial charge in [-0.15, -0.1) is 10.2 Å². The zero-order chi connectivity index (χ0) is 18.1. The monoisotopic (exact) mass is 345 g/mol. The maximum absolute atomic E-state index is 11.9. The van der Waals surface area contributed by atoms with Gasteiger partial charge in [-0.05, 0) is 41.7 Å². The lowest BCUT2D eigenvalue weighted by atomic mass is 10.0. The summed E-state index contributed by atoms with van der Waals surface area (Å²) in [6, 6.07) is 11.4. The molecule has 0 saturated heterocycles. The molecule has 4 rings (SSSR count). The number of aromatic nitrogens is 3. The summed E-state index contributed by atoms with van der Waals surface area (Å²) in [5.41, 5.74) is 3.44. The number of rotatable bonds is 5. The van der Waals surface area contributed by atoms with Crippen molar-refractivity contribution in [1.29, 1.82) is 5.26 Å². The van der Waals surface area contributed by atoms with Crippen LogP contribution in [0.15, 0.2) is 41.3 Å². The highest BCUT2D eigenvalue weighted by Gasteiger charge is 2.21. The van der Waals surface area contributed by atoms with Crippen LogP contribution in [-0.2, 0) is 7.05 Å². The lowest BCUT2D eigenvalue weighted by Crippen LogP contribution is -2.14. The number of hydrogen-bond donors (Lipinski definition) is 1. The van der Waals surface area contributed by atoms with Gasteiger partial charge in [0, 0.05) is 31.2 Å². The van der Waals surface area contributed by atoms with Crippen molar-refractivity contribution in [2.75, 3.05) is 11.9 Å². The van der Waals surface area contributed by atoms with Crippen LogP contribution in [0.3, 0.4) is 0 Å². The van der Waals surface area contributed by atoms with Crippen molar-refractivity contribution < 1.29 is 0 Å². The molecule has 6 heteroatoms. The molecule has 1 fully saturated rings. The summed E-state index contributed by atoms with van der Waals surface area (Å²) in [5.74, 6) is 0.821. The van der Waals surface area contributed by atoms with Gasteiger partial charge in [-0.2, -0.15) is 5.26 Å². The molecule has 1 N–H and O–H groups in total. The van der Waals surface area contributed by atoms with Crippen molar-refractivity contribution in [3.63, 3.8) is 0 Å². The summed E-state index contributed by atoms with van der Waals surface area (Å²) in [4.78, 5) is 11.9. The third-order valence-corrected chi connectivity index (χ3v) is 4.86. The molecule has 0 spiro atoms. The van der Waals surface area contributed by atoms with Crippen LogP contribution in [-0.4, -0.2) is 21.3 Å². The van der Waals surface area contributed by atoms with Crippen LogP contribution in [0.2, 0.25) is 0 Å². The zero-order valence-electron chi connectivity index (χ0n) is 14.6. The van der Waals surface area contributed by atoms with Gasteiger partial charge < -0.3 is 9.88 Å². The number of benzene rings is 1. The number of nitrogens with one attached hydrogen (secondary N) is 1. The van der Waals surface area contributed by atoms with Crippen LogP contribution in [0.1, 0.15) is 25.0 Å². The second kappa shape index (κ2) is 6.60. The molecule has 3 aromatic rings. The molecule has 1 aromatic carbocycles. The smallest absolute Gasteiger partial charge is 0.250 e. The Balaban J connectivity index is 1.72. The van der Waals surface area contributed by atoms with E-state index in [9.17, 15) is 10.1 Å². The molecular formula is C20H19N5O. The topological polar surface area (TPSA) is 83.6 Å². The van der Waals surface area contributed by atoms with E-state index in [0.717, 1.165) is 41.1 Å². The molecular weight excluding hydrogens is 326 g/mol. The molecule has 130 valence electrons. The maximum atomic E-state index is 11.9. The molecule has 26 heavy (non-hydrogen) atoms. The van der Waals surface area contributed by atoms with Crippen molar-refractivity contribution in [3.05, 3.63) is 52.6 Å². The summed E-state index contributed by atoms with van der Waals surface area (Å²) in [6.45, 7) is 0.830. The van der Waals surface area contributed by atoms with Crippen LogP contribution in [0, 0.1) is 17.2 Å². The summed E-state index contributed by atoms with van der Waals surface area (Å²) >= 11 is 0. The Morgan fingerprint density at radius 1 is 1.23 bits per heavy atom. The van der Waals surface area contributed by atoms with Crippen molar-refractivity contribution in [2.45, 2.75) is 19.3 Å². The molecule has 0 unspecified atom stereocenters. The van der Waals surface area contributed by atoms with Crippen LogP contribution in [0.25, 0.3) is 22.0 Å². The number of nitrogens with zero attached hydrogens (tertiary/aromatic N) is 4. The van der Waals surface area contributed by atoms with Gasteiger partial charge in [0.15, 0.2) is 5.69 Å². The second-order valence-electron chi connectivity index (χ2n) is 6.79.